The average molecular weight is 511 g/mol. The van der Waals surface area contributed by atoms with Crippen molar-refractivity contribution < 1.29 is 10.2 Å². The Bertz CT molecular complexity index is 905. The van der Waals surface area contributed by atoms with E-state index in [4.69, 9.17) is 12.2 Å². The van der Waals surface area contributed by atoms with Gasteiger partial charge in [-0.05, 0) is 72.9 Å². The summed E-state index contributed by atoms with van der Waals surface area (Å²) in [7, 11) is 0. The maximum Gasteiger partial charge on any atom is 0.166 e. The molecule has 0 aliphatic heterocycles. The van der Waals surface area contributed by atoms with Crippen molar-refractivity contribution in [3.05, 3.63) is 83.9 Å². The van der Waals surface area contributed by atoms with E-state index in [1.54, 1.807) is 0 Å². The smallest absolute Gasteiger partial charge is 0.166 e. The SMILES string of the molecule is C=C(CO)C(C)(CCCCNC(=S)NCCCCC(C)(CCCO)c1ccccc1)c1ccccc1. The summed E-state index contributed by atoms with van der Waals surface area (Å²) in [6.45, 7) is 10.6. The number of thiocarbonyl (C=S) groups is 1. The van der Waals surface area contributed by atoms with Crippen LogP contribution in [-0.2, 0) is 10.8 Å². The Morgan fingerprint density at radius 1 is 0.750 bits per heavy atom. The number of rotatable bonds is 17. The fraction of sp³-hybridized carbons (Fsp3) is 0.516. The molecule has 0 fully saturated rings. The standard InChI is InChI=1S/C31H46N2O2S/c1-26(25-35)31(3,28-17-8-5-9-18-28)21-11-13-23-33-29(36)32-22-12-10-19-30(2,20-14-24-34)27-15-6-4-7-16-27/h4-9,15-18,34-35H,1,10-14,19-25H2,2-3H3,(H2,32,33,36). The molecule has 0 aliphatic rings. The lowest BCUT2D eigenvalue weighted by molar-refractivity contribution is 0.258. The first-order valence-corrected chi connectivity index (χ1v) is 13.8. The van der Waals surface area contributed by atoms with Gasteiger partial charge in [-0.3, -0.25) is 0 Å². The van der Waals surface area contributed by atoms with Crippen molar-refractivity contribution in [1.29, 1.82) is 0 Å². The number of hydrogen-bond acceptors (Lipinski definition) is 3. The zero-order valence-electron chi connectivity index (χ0n) is 22.3. The van der Waals surface area contributed by atoms with Crippen LogP contribution in [0.2, 0.25) is 0 Å². The Hall–Kier alpha value is -2.21. The van der Waals surface area contributed by atoms with E-state index in [1.165, 1.54) is 11.1 Å². The Morgan fingerprint density at radius 2 is 1.25 bits per heavy atom. The summed E-state index contributed by atoms with van der Waals surface area (Å²) in [6, 6.07) is 21.0. The zero-order valence-corrected chi connectivity index (χ0v) is 23.1. The Labute approximate surface area is 224 Å². The van der Waals surface area contributed by atoms with Crippen LogP contribution in [0.1, 0.15) is 76.3 Å². The highest BCUT2D eigenvalue weighted by Gasteiger charge is 2.29. The molecule has 2 atom stereocenters. The Balaban J connectivity index is 1.66. The lowest BCUT2D eigenvalue weighted by Crippen LogP contribution is -2.36. The summed E-state index contributed by atoms with van der Waals surface area (Å²) in [4.78, 5) is 0. The van der Waals surface area contributed by atoms with Gasteiger partial charge < -0.3 is 20.8 Å². The fourth-order valence-electron chi connectivity index (χ4n) is 4.94. The number of aliphatic hydroxyl groups is 2. The van der Waals surface area contributed by atoms with Crippen LogP contribution in [0.25, 0.3) is 0 Å². The van der Waals surface area contributed by atoms with Crippen LogP contribution in [0, 0.1) is 0 Å². The van der Waals surface area contributed by atoms with Gasteiger partial charge in [0.2, 0.25) is 0 Å². The van der Waals surface area contributed by atoms with E-state index in [0.29, 0.717) is 5.11 Å². The van der Waals surface area contributed by atoms with E-state index in [0.717, 1.165) is 70.0 Å². The molecular weight excluding hydrogens is 464 g/mol. The van der Waals surface area contributed by atoms with Gasteiger partial charge in [0.05, 0.1) is 6.61 Å². The van der Waals surface area contributed by atoms with Crippen molar-refractivity contribution in [2.24, 2.45) is 0 Å². The molecular formula is C31H46N2O2S. The molecule has 198 valence electrons. The molecule has 0 aromatic heterocycles. The van der Waals surface area contributed by atoms with Crippen LogP contribution in [0.4, 0.5) is 0 Å². The summed E-state index contributed by atoms with van der Waals surface area (Å²) in [5, 5.41) is 26.4. The van der Waals surface area contributed by atoms with Gasteiger partial charge in [-0.25, -0.2) is 0 Å². The van der Waals surface area contributed by atoms with Crippen molar-refractivity contribution in [3.63, 3.8) is 0 Å². The topological polar surface area (TPSA) is 64.5 Å². The summed E-state index contributed by atoms with van der Waals surface area (Å²) >= 11 is 5.47. The van der Waals surface area contributed by atoms with Gasteiger partial charge in [-0.1, -0.05) is 93.9 Å². The van der Waals surface area contributed by atoms with Gasteiger partial charge in [-0.2, -0.15) is 0 Å². The van der Waals surface area contributed by atoms with Crippen LogP contribution >= 0.6 is 12.2 Å². The summed E-state index contributed by atoms with van der Waals surface area (Å²) < 4.78 is 0. The molecule has 0 radical (unpaired) electrons. The third kappa shape index (κ3) is 9.34. The van der Waals surface area contributed by atoms with E-state index in [-0.39, 0.29) is 24.0 Å². The first kappa shape index (κ1) is 30.0. The molecule has 0 saturated heterocycles. The monoisotopic (exact) mass is 510 g/mol. The van der Waals surface area contributed by atoms with Gasteiger partial charge in [0.15, 0.2) is 5.11 Å². The average Bonchev–Trinajstić information content (AvgIpc) is 2.91. The van der Waals surface area contributed by atoms with E-state index in [1.807, 2.05) is 18.2 Å². The Morgan fingerprint density at radius 3 is 1.78 bits per heavy atom. The lowest BCUT2D eigenvalue weighted by Gasteiger charge is -2.32. The molecule has 2 aromatic carbocycles. The van der Waals surface area contributed by atoms with E-state index >= 15 is 0 Å². The molecule has 4 N–H and O–H groups in total. The van der Waals surface area contributed by atoms with Gasteiger partial charge in [-0.15, -0.1) is 0 Å². The Kier molecular flexibility index (Phi) is 13.2. The molecule has 0 bridgehead atoms. The van der Waals surface area contributed by atoms with E-state index < -0.39 is 0 Å². The molecule has 0 amide bonds. The number of unbranched alkanes of at least 4 members (excludes halogenated alkanes) is 2. The highest BCUT2D eigenvalue weighted by Crippen LogP contribution is 2.36. The summed E-state index contributed by atoms with van der Waals surface area (Å²) in [6.07, 6.45) is 8.05. The molecule has 2 unspecified atom stereocenters. The number of aliphatic hydroxyl groups excluding tert-OH is 2. The molecule has 0 saturated carbocycles. The minimum atomic E-state index is -0.222. The maximum atomic E-state index is 9.72. The molecule has 5 heteroatoms. The third-order valence-electron chi connectivity index (χ3n) is 7.57. The number of nitrogens with one attached hydrogen (secondary N) is 2. The summed E-state index contributed by atoms with van der Waals surface area (Å²) in [5.41, 5.74) is 3.29. The highest BCUT2D eigenvalue weighted by atomic mass is 32.1. The molecule has 0 spiro atoms. The molecule has 0 heterocycles. The third-order valence-corrected chi connectivity index (χ3v) is 7.86. The van der Waals surface area contributed by atoms with Crippen LogP contribution in [0.3, 0.4) is 0 Å². The van der Waals surface area contributed by atoms with Crippen molar-refractivity contribution in [3.8, 4) is 0 Å². The van der Waals surface area contributed by atoms with Crippen molar-refractivity contribution in [1.82, 2.24) is 10.6 Å². The van der Waals surface area contributed by atoms with Gasteiger partial charge in [0.25, 0.3) is 0 Å². The van der Waals surface area contributed by atoms with Gasteiger partial charge >= 0.3 is 0 Å². The highest BCUT2D eigenvalue weighted by molar-refractivity contribution is 7.80. The normalized spacial score (nSPS) is 14.4. The largest absolute Gasteiger partial charge is 0.396 e. The number of hydrogen-bond donors (Lipinski definition) is 4. The van der Waals surface area contributed by atoms with Crippen LogP contribution in [-0.4, -0.2) is 41.6 Å². The lowest BCUT2D eigenvalue weighted by atomic mass is 9.73. The quantitative estimate of drug-likeness (QED) is 0.119. The van der Waals surface area contributed by atoms with Crippen molar-refractivity contribution >= 4 is 17.3 Å². The second-order valence-corrected chi connectivity index (χ2v) is 10.7. The predicted octanol–water partition coefficient (Wildman–Crippen LogP) is 6.03. The van der Waals surface area contributed by atoms with Gasteiger partial charge in [0.1, 0.15) is 0 Å². The minimum Gasteiger partial charge on any atom is -0.396 e. The van der Waals surface area contributed by atoms with Gasteiger partial charge in [0, 0.05) is 25.1 Å². The second kappa shape index (κ2) is 15.8. The minimum absolute atomic E-state index is 0.00356. The van der Waals surface area contributed by atoms with E-state index in [2.05, 4.69) is 73.5 Å². The molecule has 0 aliphatic carbocycles. The predicted molar refractivity (Wildman–Crippen MR) is 156 cm³/mol. The molecule has 2 rings (SSSR count). The second-order valence-electron chi connectivity index (χ2n) is 10.3. The summed E-state index contributed by atoms with van der Waals surface area (Å²) in [5.74, 6) is 0. The molecule has 36 heavy (non-hydrogen) atoms. The number of benzene rings is 2. The molecule has 2 aromatic rings. The van der Waals surface area contributed by atoms with Crippen LogP contribution < -0.4 is 10.6 Å². The molecule has 4 nitrogen and oxygen atoms in total. The van der Waals surface area contributed by atoms with Crippen LogP contribution in [0.15, 0.2) is 72.8 Å². The first-order valence-electron chi connectivity index (χ1n) is 13.4. The van der Waals surface area contributed by atoms with Crippen LogP contribution in [0.5, 0.6) is 0 Å². The fourth-order valence-corrected chi connectivity index (χ4v) is 5.14. The zero-order chi connectivity index (χ0) is 26.3. The maximum absolute atomic E-state index is 9.72. The van der Waals surface area contributed by atoms with E-state index in [9.17, 15) is 10.2 Å². The first-order chi connectivity index (χ1) is 17.4. The van der Waals surface area contributed by atoms with Crippen molar-refractivity contribution in [2.45, 2.75) is 76.0 Å². The van der Waals surface area contributed by atoms with Crippen molar-refractivity contribution in [2.75, 3.05) is 26.3 Å².